The Morgan fingerprint density at radius 1 is 1.35 bits per heavy atom. The molecule has 0 fully saturated rings. The van der Waals surface area contributed by atoms with Crippen LogP contribution in [0.3, 0.4) is 0 Å². The minimum absolute atomic E-state index is 0.0377. The van der Waals surface area contributed by atoms with E-state index in [4.69, 9.17) is 38.5 Å². The average molecular weight is 280 g/mol. The summed E-state index contributed by atoms with van der Waals surface area (Å²) in [5, 5.41) is 29.6. The van der Waals surface area contributed by atoms with Crippen molar-refractivity contribution in [2.24, 2.45) is 0 Å². The zero-order valence-corrected chi connectivity index (χ0v) is 10.2. The van der Waals surface area contributed by atoms with E-state index in [0.717, 1.165) is 0 Å². The first-order chi connectivity index (χ1) is 7.95. The van der Waals surface area contributed by atoms with Gasteiger partial charge < -0.3 is 20.6 Å². The fourth-order valence-electron chi connectivity index (χ4n) is 1.14. The number of aliphatic hydroxyl groups is 2. The van der Waals surface area contributed by atoms with Crippen molar-refractivity contribution in [3.8, 4) is 0 Å². The molecule has 0 aliphatic heterocycles. The van der Waals surface area contributed by atoms with E-state index in [1.807, 2.05) is 0 Å². The first kappa shape index (κ1) is 14.1. The molecule has 0 amide bonds. The Morgan fingerprint density at radius 2 is 2.00 bits per heavy atom. The molecule has 1 rings (SSSR count). The molecule has 0 radical (unpaired) electrons. The van der Waals surface area contributed by atoms with Crippen molar-refractivity contribution in [3.05, 3.63) is 27.7 Å². The SMILES string of the molecule is O=C(O)c1cc(NCC(O)CO)c(Cl)cc1Cl. The molecular formula is C10H11Cl2NO4. The minimum atomic E-state index is -1.17. The summed E-state index contributed by atoms with van der Waals surface area (Å²) in [7, 11) is 0. The maximum absolute atomic E-state index is 10.8. The van der Waals surface area contributed by atoms with E-state index < -0.39 is 18.7 Å². The second-order valence-corrected chi connectivity index (χ2v) is 4.15. The van der Waals surface area contributed by atoms with Crippen LogP contribution in [0.25, 0.3) is 0 Å². The van der Waals surface area contributed by atoms with Gasteiger partial charge in [-0.2, -0.15) is 0 Å². The van der Waals surface area contributed by atoms with Gasteiger partial charge in [-0.05, 0) is 12.1 Å². The van der Waals surface area contributed by atoms with Gasteiger partial charge >= 0.3 is 5.97 Å². The standard InChI is InChI=1S/C10H11Cl2NO4/c11-7-2-8(12)9(1-6(7)10(16)17)13-3-5(15)4-14/h1-2,5,13-15H,3-4H2,(H,16,17). The molecule has 4 N–H and O–H groups in total. The van der Waals surface area contributed by atoms with Gasteiger partial charge in [0.2, 0.25) is 0 Å². The number of carboxylic acid groups (broad SMARTS) is 1. The zero-order valence-electron chi connectivity index (χ0n) is 8.65. The van der Waals surface area contributed by atoms with Gasteiger partial charge in [0.15, 0.2) is 0 Å². The van der Waals surface area contributed by atoms with E-state index in [1.165, 1.54) is 12.1 Å². The van der Waals surface area contributed by atoms with Crippen LogP contribution < -0.4 is 5.32 Å². The first-order valence-corrected chi connectivity index (χ1v) is 5.46. The number of benzene rings is 1. The van der Waals surface area contributed by atoms with Crippen molar-refractivity contribution in [3.63, 3.8) is 0 Å². The van der Waals surface area contributed by atoms with E-state index >= 15 is 0 Å². The number of anilines is 1. The molecule has 0 bridgehead atoms. The number of aromatic carboxylic acids is 1. The van der Waals surface area contributed by atoms with Crippen LogP contribution in [-0.4, -0.2) is 40.5 Å². The Morgan fingerprint density at radius 3 is 2.53 bits per heavy atom. The van der Waals surface area contributed by atoms with E-state index in [1.54, 1.807) is 0 Å². The maximum atomic E-state index is 10.8. The number of halogens is 2. The lowest BCUT2D eigenvalue weighted by Gasteiger charge is -2.12. The van der Waals surface area contributed by atoms with E-state index in [9.17, 15) is 4.79 Å². The molecule has 94 valence electrons. The fourth-order valence-corrected chi connectivity index (χ4v) is 1.67. The van der Waals surface area contributed by atoms with E-state index in [0.29, 0.717) is 5.69 Å². The first-order valence-electron chi connectivity index (χ1n) is 4.70. The van der Waals surface area contributed by atoms with Crippen molar-refractivity contribution in [1.29, 1.82) is 0 Å². The highest BCUT2D eigenvalue weighted by Gasteiger charge is 2.13. The zero-order chi connectivity index (χ0) is 13.0. The van der Waals surface area contributed by atoms with E-state index in [-0.39, 0.29) is 22.2 Å². The van der Waals surface area contributed by atoms with Crippen molar-refractivity contribution in [1.82, 2.24) is 0 Å². The van der Waals surface area contributed by atoms with Crippen LogP contribution in [0, 0.1) is 0 Å². The summed E-state index contributed by atoms with van der Waals surface area (Å²) in [6.45, 7) is -0.346. The Labute approximate surface area is 108 Å². The Balaban J connectivity index is 2.92. The van der Waals surface area contributed by atoms with Gasteiger partial charge in [0, 0.05) is 6.54 Å². The normalized spacial score (nSPS) is 12.2. The van der Waals surface area contributed by atoms with Crippen molar-refractivity contribution < 1.29 is 20.1 Å². The molecule has 1 atom stereocenters. The monoisotopic (exact) mass is 279 g/mol. The van der Waals surface area contributed by atoms with Gasteiger partial charge in [0.05, 0.1) is 34.0 Å². The molecule has 0 saturated carbocycles. The lowest BCUT2D eigenvalue weighted by atomic mass is 10.2. The molecule has 7 heteroatoms. The number of hydrogen-bond donors (Lipinski definition) is 4. The summed E-state index contributed by atoms with van der Waals surface area (Å²) in [6, 6.07) is 2.58. The summed E-state index contributed by atoms with van der Waals surface area (Å²) in [5.74, 6) is -1.17. The van der Waals surface area contributed by atoms with Crippen LogP contribution in [0.15, 0.2) is 12.1 Å². The molecule has 5 nitrogen and oxygen atoms in total. The Hall–Kier alpha value is -1.01. The third-order valence-electron chi connectivity index (χ3n) is 2.03. The smallest absolute Gasteiger partial charge is 0.337 e. The third kappa shape index (κ3) is 3.74. The van der Waals surface area contributed by atoms with Gasteiger partial charge in [-0.1, -0.05) is 23.2 Å². The lowest BCUT2D eigenvalue weighted by Crippen LogP contribution is -2.23. The summed E-state index contributed by atoms with van der Waals surface area (Å²) < 4.78 is 0. The van der Waals surface area contributed by atoms with Crippen LogP contribution in [0.5, 0.6) is 0 Å². The van der Waals surface area contributed by atoms with Gasteiger partial charge in [0.1, 0.15) is 0 Å². The number of hydrogen-bond acceptors (Lipinski definition) is 4. The van der Waals surface area contributed by atoms with E-state index in [2.05, 4.69) is 5.32 Å². The number of carboxylic acids is 1. The van der Waals surface area contributed by atoms with Gasteiger partial charge in [-0.25, -0.2) is 4.79 Å². The van der Waals surface area contributed by atoms with Crippen LogP contribution in [0.2, 0.25) is 10.0 Å². The highest BCUT2D eigenvalue weighted by Crippen LogP contribution is 2.29. The number of rotatable bonds is 5. The molecular weight excluding hydrogens is 269 g/mol. The van der Waals surface area contributed by atoms with Crippen LogP contribution in [0.1, 0.15) is 10.4 Å². The third-order valence-corrected chi connectivity index (χ3v) is 2.65. The van der Waals surface area contributed by atoms with Crippen molar-refractivity contribution in [2.45, 2.75) is 6.10 Å². The topological polar surface area (TPSA) is 89.8 Å². The quantitative estimate of drug-likeness (QED) is 0.655. The summed E-state index contributed by atoms with van der Waals surface area (Å²) in [5.41, 5.74) is 0.248. The largest absolute Gasteiger partial charge is 0.478 e. The molecule has 0 aliphatic rings. The summed E-state index contributed by atoms with van der Waals surface area (Å²) in [6.07, 6.45) is -0.949. The average Bonchev–Trinajstić information content (AvgIpc) is 2.26. The molecule has 0 heterocycles. The van der Waals surface area contributed by atoms with Gasteiger partial charge in [-0.15, -0.1) is 0 Å². The summed E-state index contributed by atoms with van der Waals surface area (Å²) >= 11 is 11.6. The van der Waals surface area contributed by atoms with Crippen LogP contribution in [-0.2, 0) is 0 Å². The lowest BCUT2D eigenvalue weighted by molar-refractivity contribution is 0.0697. The Kier molecular flexibility index (Phi) is 5.02. The second-order valence-electron chi connectivity index (χ2n) is 3.33. The number of carbonyl (C=O) groups is 1. The van der Waals surface area contributed by atoms with Gasteiger partial charge in [-0.3, -0.25) is 0 Å². The molecule has 0 spiro atoms. The molecule has 0 aromatic heterocycles. The Bertz CT molecular complexity index is 425. The molecule has 1 unspecified atom stereocenters. The van der Waals surface area contributed by atoms with Crippen molar-refractivity contribution >= 4 is 34.9 Å². The highest BCUT2D eigenvalue weighted by atomic mass is 35.5. The second kappa shape index (κ2) is 6.07. The molecule has 1 aromatic rings. The van der Waals surface area contributed by atoms with Gasteiger partial charge in [0.25, 0.3) is 0 Å². The predicted molar refractivity (Wildman–Crippen MR) is 65.0 cm³/mol. The maximum Gasteiger partial charge on any atom is 0.337 e. The molecule has 0 saturated heterocycles. The van der Waals surface area contributed by atoms with Crippen LogP contribution in [0.4, 0.5) is 5.69 Å². The predicted octanol–water partition coefficient (Wildman–Crippen LogP) is 1.46. The van der Waals surface area contributed by atoms with Crippen molar-refractivity contribution in [2.75, 3.05) is 18.5 Å². The highest BCUT2D eigenvalue weighted by molar-refractivity contribution is 6.38. The molecule has 0 aliphatic carbocycles. The van der Waals surface area contributed by atoms with Crippen LogP contribution >= 0.6 is 23.2 Å². The summed E-state index contributed by atoms with van der Waals surface area (Å²) in [4.78, 5) is 10.8. The number of nitrogens with one attached hydrogen (secondary N) is 1. The molecule has 17 heavy (non-hydrogen) atoms. The fraction of sp³-hybridized carbons (Fsp3) is 0.300. The minimum Gasteiger partial charge on any atom is -0.478 e. The molecule has 1 aromatic carbocycles. The number of aliphatic hydroxyl groups excluding tert-OH is 2.